The lowest BCUT2D eigenvalue weighted by atomic mass is 10.1. The Bertz CT molecular complexity index is 585. The van der Waals surface area contributed by atoms with Crippen LogP contribution < -0.4 is 5.32 Å². The number of aryl methyl sites for hydroxylation is 2. The summed E-state index contributed by atoms with van der Waals surface area (Å²) in [5, 5.41) is 12.5. The minimum absolute atomic E-state index is 0.0310. The van der Waals surface area contributed by atoms with Crippen LogP contribution in [0.3, 0.4) is 0 Å². The Hall–Kier alpha value is -2.14. The van der Waals surface area contributed by atoms with Crippen molar-refractivity contribution in [1.82, 2.24) is 5.32 Å². The zero-order valence-corrected chi connectivity index (χ0v) is 11.3. The number of hydrogen-bond acceptors (Lipinski definition) is 3. The van der Waals surface area contributed by atoms with Crippen molar-refractivity contribution in [2.45, 2.75) is 20.0 Å². The number of carbonyl (C=O) groups is 1. The average Bonchev–Trinajstić information content (AvgIpc) is 2.76. The summed E-state index contributed by atoms with van der Waals surface area (Å²) in [5.41, 5.74) is 1.44. The molecule has 1 aromatic heterocycles. The van der Waals surface area contributed by atoms with Crippen molar-refractivity contribution in [3.63, 3.8) is 0 Å². The molecule has 5 heteroatoms. The van der Waals surface area contributed by atoms with Gasteiger partial charge in [0.1, 0.15) is 11.6 Å². The van der Waals surface area contributed by atoms with Crippen LogP contribution in [0.1, 0.15) is 33.5 Å². The van der Waals surface area contributed by atoms with E-state index in [4.69, 9.17) is 4.42 Å². The molecule has 1 amide bonds. The first-order valence-corrected chi connectivity index (χ1v) is 6.26. The Morgan fingerprint density at radius 3 is 2.55 bits per heavy atom. The van der Waals surface area contributed by atoms with Crippen LogP contribution in [-0.2, 0) is 0 Å². The first-order valence-electron chi connectivity index (χ1n) is 6.26. The van der Waals surface area contributed by atoms with E-state index in [0.717, 1.165) is 5.56 Å². The first kappa shape index (κ1) is 14.3. The summed E-state index contributed by atoms with van der Waals surface area (Å²) >= 11 is 0. The van der Waals surface area contributed by atoms with Crippen molar-refractivity contribution < 1.29 is 18.7 Å². The molecule has 20 heavy (non-hydrogen) atoms. The molecule has 0 aliphatic rings. The van der Waals surface area contributed by atoms with Crippen molar-refractivity contribution >= 4 is 5.91 Å². The molecule has 0 aliphatic carbocycles. The SMILES string of the molecule is Cc1cc(C(=O)NCC(O)c2ccc(F)cc2)oc1C. The number of aliphatic hydroxyl groups excluding tert-OH is 1. The average molecular weight is 277 g/mol. The molecule has 4 nitrogen and oxygen atoms in total. The number of benzene rings is 1. The van der Waals surface area contributed by atoms with Crippen molar-refractivity contribution in [3.05, 3.63) is 58.8 Å². The number of rotatable bonds is 4. The normalized spacial score (nSPS) is 12.2. The predicted molar refractivity (Wildman–Crippen MR) is 71.9 cm³/mol. The van der Waals surface area contributed by atoms with Crippen LogP contribution in [0.25, 0.3) is 0 Å². The summed E-state index contributed by atoms with van der Waals surface area (Å²) in [6.45, 7) is 3.66. The Morgan fingerprint density at radius 1 is 1.35 bits per heavy atom. The van der Waals surface area contributed by atoms with Gasteiger partial charge < -0.3 is 14.8 Å². The highest BCUT2D eigenvalue weighted by molar-refractivity contribution is 5.91. The Morgan fingerprint density at radius 2 is 2.00 bits per heavy atom. The molecule has 2 N–H and O–H groups in total. The van der Waals surface area contributed by atoms with Crippen LogP contribution in [0.2, 0.25) is 0 Å². The van der Waals surface area contributed by atoms with Gasteiger partial charge in [0.25, 0.3) is 5.91 Å². The molecule has 1 heterocycles. The summed E-state index contributed by atoms with van der Waals surface area (Å²) in [7, 11) is 0. The smallest absolute Gasteiger partial charge is 0.287 e. The number of hydrogen-bond donors (Lipinski definition) is 2. The van der Waals surface area contributed by atoms with Gasteiger partial charge >= 0.3 is 0 Å². The van der Waals surface area contributed by atoms with E-state index in [2.05, 4.69) is 5.32 Å². The molecule has 0 fully saturated rings. The second kappa shape index (κ2) is 5.88. The fourth-order valence-corrected chi connectivity index (χ4v) is 1.76. The van der Waals surface area contributed by atoms with Crippen molar-refractivity contribution in [1.29, 1.82) is 0 Å². The second-order valence-electron chi connectivity index (χ2n) is 4.63. The maximum absolute atomic E-state index is 12.8. The molecule has 0 radical (unpaired) electrons. The predicted octanol–water partition coefficient (Wildman–Crippen LogP) is 2.50. The highest BCUT2D eigenvalue weighted by Crippen LogP contribution is 2.15. The zero-order chi connectivity index (χ0) is 14.7. The highest BCUT2D eigenvalue weighted by Gasteiger charge is 2.14. The van der Waals surface area contributed by atoms with Crippen LogP contribution in [-0.4, -0.2) is 17.6 Å². The fraction of sp³-hybridized carbons (Fsp3) is 0.267. The van der Waals surface area contributed by atoms with Gasteiger partial charge in [-0.1, -0.05) is 12.1 Å². The quantitative estimate of drug-likeness (QED) is 0.902. The lowest BCUT2D eigenvalue weighted by Gasteiger charge is -2.11. The third-order valence-electron chi connectivity index (χ3n) is 3.10. The zero-order valence-electron chi connectivity index (χ0n) is 11.3. The summed E-state index contributed by atoms with van der Waals surface area (Å²) in [4.78, 5) is 11.8. The molecule has 2 aromatic rings. The molecular formula is C15H16FNO3. The van der Waals surface area contributed by atoms with Gasteiger partial charge in [-0.15, -0.1) is 0 Å². The van der Waals surface area contributed by atoms with E-state index < -0.39 is 6.10 Å². The molecule has 0 aliphatic heterocycles. The molecule has 0 spiro atoms. The number of halogens is 1. The lowest BCUT2D eigenvalue weighted by Crippen LogP contribution is -2.28. The fourth-order valence-electron chi connectivity index (χ4n) is 1.76. The van der Waals surface area contributed by atoms with E-state index in [0.29, 0.717) is 11.3 Å². The van der Waals surface area contributed by atoms with Gasteiger partial charge in [-0.2, -0.15) is 0 Å². The van der Waals surface area contributed by atoms with Crippen molar-refractivity contribution in [2.75, 3.05) is 6.54 Å². The molecule has 1 aromatic carbocycles. The van der Waals surface area contributed by atoms with Crippen LogP contribution in [0.5, 0.6) is 0 Å². The molecule has 0 bridgehead atoms. The maximum Gasteiger partial charge on any atom is 0.287 e. The summed E-state index contributed by atoms with van der Waals surface area (Å²) < 4.78 is 18.0. The third kappa shape index (κ3) is 3.24. The van der Waals surface area contributed by atoms with Crippen LogP contribution in [0, 0.1) is 19.7 Å². The monoisotopic (exact) mass is 277 g/mol. The minimum Gasteiger partial charge on any atom is -0.456 e. The van der Waals surface area contributed by atoms with E-state index >= 15 is 0 Å². The molecule has 106 valence electrons. The third-order valence-corrected chi connectivity index (χ3v) is 3.10. The van der Waals surface area contributed by atoms with Crippen molar-refractivity contribution in [2.24, 2.45) is 0 Å². The van der Waals surface area contributed by atoms with Crippen LogP contribution in [0.4, 0.5) is 4.39 Å². The van der Waals surface area contributed by atoms with Gasteiger partial charge in [-0.05, 0) is 43.2 Å². The lowest BCUT2D eigenvalue weighted by molar-refractivity contribution is 0.0887. The largest absolute Gasteiger partial charge is 0.456 e. The van der Waals surface area contributed by atoms with Gasteiger partial charge in [0.2, 0.25) is 0 Å². The molecule has 0 saturated carbocycles. The van der Waals surface area contributed by atoms with Gasteiger partial charge in [0.15, 0.2) is 5.76 Å². The van der Waals surface area contributed by atoms with Crippen LogP contribution >= 0.6 is 0 Å². The highest BCUT2D eigenvalue weighted by atomic mass is 19.1. The maximum atomic E-state index is 12.8. The summed E-state index contributed by atoms with van der Waals surface area (Å²) in [5.74, 6) is 0.148. The van der Waals surface area contributed by atoms with E-state index in [9.17, 15) is 14.3 Å². The second-order valence-corrected chi connectivity index (χ2v) is 4.63. The minimum atomic E-state index is -0.892. The van der Waals surface area contributed by atoms with E-state index in [1.807, 2.05) is 6.92 Å². The number of nitrogens with one attached hydrogen (secondary N) is 1. The standard InChI is InChI=1S/C15H16FNO3/c1-9-7-14(20-10(9)2)15(19)17-8-13(18)11-3-5-12(16)6-4-11/h3-7,13,18H,8H2,1-2H3,(H,17,19). The molecular weight excluding hydrogens is 261 g/mol. The van der Waals surface area contributed by atoms with E-state index in [1.54, 1.807) is 13.0 Å². The number of furan rings is 1. The molecule has 2 rings (SSSR count). The summed E-state index contributed by atoms with van der Waals surface area (Å²) in [6, 6.07) is 7.13. The van der Waals surface area contributed by atoms with Gasteiger partial charge in [-0.3, -0.25) is 4.79 Å². The van der Waals surface area contributed by atoms with Gasteiger partial charge in [-0.25, -0.2) is 4.39 Å². The Balaban J connectivity index is 1.94. The Kier molecular flexibility index (Phi) is 4.20. The first-order chi connectivity index (χ1) is 9.47. The molecule has 1 unspecified atom stereocenters. The van der Waals surface area contributed by atoms with Crippen LogP contribution in [0.15, 0.2) is 34.7 Å². The van der Waals surface area contributed by atoms with Crippen molar-refractivity contribution in [3.8, 4) is 0 Å². The number of amides is 1. The summed E-state index contributed by atoms with van der Waals surface area (Å²) in [6.07, 6.45) is -0.892. The Labute approximate surface area is 116 Å². The topological polar surface area (TPSA) is 62.5 Å². The molecule has 0 saturated heterocycles. The van der Waals surface area contributed by atoms with E-state index in [1.165, 1.54) is 24.3 Å². The van der Waals surface area contributed by atoms with Gasteiger partial charge in [0.05, 0.1) is 6.10 Å². The van der Waals surface area contributed by atoms with E-state index in [-0.39, 0.29) is 24.0 Å². The van der Waals surface area contributed by atoms with Gasteiger partial charge in [0, 0.05) is 6.54 Å². The molecule has 1 atom stereocenters. The number of aliphatic hydroxyl groups is 1. The number of carbonyl (C=O) groups excluding carboxylic acids is 1.